The molecular formula is C21H31N3O2. The zero-order valence-electron chi connectivity index (χ0n) is 16.0. The Kier molecular flexibility index (Phi) is 6.30. The molecular weight excluding hydrogens is 326 g/mol. The molecule has 3 rings (SSSR count). The van der Waals surface area contributed by atoms with Crippen LogP contribution in [0.2, 0.25) is 0 Å². The molecule has 0 radical (unpaired) electrons. The summed E-state index contributed by atoms with van der Waals surface area (Å²) in [6.07, 6.45) is 4.53. The van der Waals surface area contributed by atoms with Gasteiger partial charge in [-0.3, -0.25) is 9.59 Å². The maximum atomic E-state index is 12.5. The topological polar surface area (TPSA) is 61.4 Å². The highest BCUT2D eigenvalue weighted by Gasteiger charge is 2.24. The first-order valence-electron chi connectivity index (χ1n) is 9.95. The second kappa shape index (κ2) is 8.67. The van der Waals surface area contributed by atoms with Crippen LogP contribution in [0.15, 0.2) is 24.3 Å². The molecule has 0 bridgehead atoms. The van der Waals surface area contributed by atoms with E-state index in [9.17, 15) is 9.59 Å². The van der Waals surface area contributed by atoms with Gasteiger partial charge in [-0.15, -0.1) is 0 Å². The van der Waals surface area contributed by atoms with Crippen LogP contribution in [0.5, 0.6) is 0 Å². The van der Waals surface area contributed by atoms with E-state index in [2.05, 4.69) is 17.6 Å². The molecule has 2 heterocycles. The van der Waals surface area contributed by atoms with Crippen LogP contribution in [-0.4, -0.2) is 31.4 Å². The van der Waals surface area contributed by atoms with Crippen LogP contribution < -0.4 is 15.5 Å². The number of benzene rings is 1. The number of nitrogens with zero attached hydrogens (tertiary/aromatic N) is 1. The molecule has 5 nitrogen and oxygen atoms in total. The highest BCUT2D eigenvalue weighted by atomic mass is 16.2. The average molecular weight is 357 g/mol. The van der Waals surface area contributed by atoms with Crippen molar-refractivity contribution < 1.29 is 9.59 Å². The fourth-order valence-electron chi connectivity index (χ4n) is 4.09. The van der Waals surface area contributed by atoms with Gasteiger partial charge in [-0.2, -0.15) is 0 Å². The summed E-state index contributed by atoms with van der Waals surface area (Å²) < 4.78 is 0. The molecule has 1 aromatic carbocycles. The average Bonchev–Trinajstić information content (AvgIpc) is 3.08. The molecule has 26 heavy (non-hydrogen) atoms. The summed E-state index contributed by atoms with van der Waals surface area (Å²) in [5.41, 5.74) is 1.98. The minimum Gasteiger partial charge on any atom is -0.350 e. The Labute approximate surface area is 156 Å². The van der Waals surface area contributed by atoms with E-state index in [0.29, 0.717) is 24.7 Å². The Morgan fingerprint density at radius 2 is 2.19 bits per heavy atom. The summed E-state index contributed by atoms with van der Waals surface area (Å²) >= 11 is 0. The third-order valence-electron chi connectivity index (χ3n) is 5.78. The molecule has 0 aromatic heterocycles. The van der Waals surface area contributed by atoms with E-state index in [1.165, 1.54) is 12.8 Å². The summed E-state index contributed by atoms with van der Waals surface area (Å²) in [5.74, 6) is 1.28. The predicted molar refractivity (Wildman–Crippen MR) is 104 cm³/mol. The molecule has 2 saturated heterocycles. The predicted octanol–water partition coefficient (Wildman–Crippen LogP) is 3.02. The Hall–Kier alpha value is -1.88. The summed E-state index contributed by atoms with van der Waals surface area (Å²) in [4.78, 5) is 26.3. The highest BCUT2D eigenvalue weighted by Crippen LogP contribution is 2.26. The summed E-state index contributed by atoms with van der Waals surface area (Å²) in [7, 11) is 0. The third kappa shape index (κ3) is 4.64. The van der Waals surface area contributed by atoms with Gasteiger partial charge in [0.1, 0.15) is 0 Å². The lowest BCUT2D eigenvalue weighted by Crippen LogP contribution is -2.36. The molecule has 2 amide bonds. The second-order valence-electron chi connectivity index (χ2n) is 7.82. The molecule has 142 valence electrons. The van der Waals surface area contributed by atoms with Gasteiger partial charge >= 0.3 is 0 Å². The lowest BCUT2D eigenvalue weighted by atomic mass is 9.85. The maximum Gasteiger partial charge on any atom is 0.227 e. The zero-order chi connectivity index (χ0) is 18.5. The van der Waals surface area contributed by atoms with Crippen LogP contribution >= 0.6 is 0 Å². The first-order valence-corrected chi connectivity index (χ1v) is 9.95. The zero-order valence-corrected chi connectivity index (χ0v) is 16.0. The van der Waals surface area contributed by atoms with Crippen LogP contribution in [0, 0.1) is 11.8 Å². The largest absolute Gasteiger partial charge is 0.350 e. The van der Waals surface area contributed by atoms with Crippen molar-refractivity contribution in [2.24, 2.45) is 11.8 Å². The number of anilines is 1. The van der Waals surface area contributed by atoms with Gasteiger partial charge in [0.05, 0.1) is 6.04 Å². The third-order valence-corrected chi connectivity index (χ3v) is 5.78. The standard InChI is InChI=1S/C21H31N3O2/c1-15(18-7-4-10-22-14-18)12-20(25)23-16(2)17-6-3-8-19(13-17)24-11-5-9-21(24)26/h3,6,8,13,15-16,18,22H,4-5,7,9-12,14H2,1-2H3,(H,23,25). The molecule has 2 N–H and O–H groups in total. The first-order chi connectivity index (χ1) is 12.5. The van der Waals surface area contributed by atoms with E-state index in [1.54, 1.807) is 0 Å². The molecule has 0 spiro atoms. The van der Waals surface area contributed by atoms with Crippen molar-refractivity contribution in [2.75, 3.05) is 24.5 Å². The number of carbonyl (C=O) groups is 2. The van der Waals surface area contributed by atoms with Gasteiger partial charge in [0, 0.05) is 25.1 Å². The molecule has 2 fully saturated rings. The van der Waals surface area contributed by atoms with Gasteiger partial charge in [0.2, 0.25) is 11.8 Å². The van der Waals surface area contributed by atoms with E-state index in [1.807, 2.05) is 36.1 Å². The van der Waals surface area contributed by atoms with Crippen molar-refractivity contribution in [1.82, 2.24) is 10.6 Å². The van der Waals surface area contributed by atoms with Gasteiger partial charge in [0.25, 0.3) is 0 Å². The highest BCUT2D eigenvalue weighted by molar-refractivity contribution is 5.95. The van der Waals surface area contributed by atoms with Crippen LogP contribution in [-0.2, 0) is 9.59 Å². The maximum absolute atomic E-state index is 12.5. The van der Waals surface area contributed by atoms with E-state index < -0.39 is 0 Å². The van der Waals surface area contributed by atoms with Crippen molar-refractivity contribution in [3.05, 3.63) is 29.8 Å². The van der Waals surface area contributed by atoms with Crippen molar-refractivity contribution in [3.8, 4) is 0 Å². The summed E-state index contributed by atoms with van der Waals surface area (Å²) in [6.45, 7) is 7.10. The first kappa shape index (κ1) is 18.9. The van der Waals surface area contributed by atoms with E-state index >= 15 is 0 Å². The monoisotopic (exact) mass is 357 g/mol. The lowest BCUT2D eigenvalue weighted by molar-refractivity contribution is -0.123. The van der Waals surface area contributed by atoms with Crippen molar-refractivity contribution in [3.63, 3.8) is 0 Å². The van der Waals surface area contributed by atoms with Gasteiger partial charge in [-0.05, 0) is 68.8 Å². The summed E-state index contributed by atoms with van der Waals surface area (Å²) in [5, 5.41) is 6.56. The normalized spacial score (nSPS) is 22.9. The molecule has 2 aliphatic heterocycles. The fourth-order valence-corrected chi connectivity index (χ4v) is 4.09. The number of piperidine rings is 1. The molecule has 1 aromatic rings. The molecule has 0 saturated carbocycles. The van der Waals surface area contributed by atoms with Gasteiger partial charge < -0.3 is 15.5 Å². The van der Waals surface area contributed by atoms with Gasteiger partial charge in [-0.25, -0.2) is 0 Å². The minimum absolute atomic E-state index is 0.0585. The fraction of sp³-hybridized carbons (Fsp3) is 0.619. The minimum atomic E-state index is -0.0585. The van der Waals surface area contributed by atoms with Crippen LogP contribution in [0.3, 0.4) is 0 Å². The second-order valence-corrected chi connectivity index (χ2v) is 7.82. The molecule has 3 unspecified atom stereocenters. The smallest absolute Gasteiger partial charge is 0.227 e. The molecule has 5 heteroatoms. The Bertz CT molecular complexity index is 640. The number of hydrogen-bond donors (Lipinski definition) is 2. The number of hydrogen-bond acceptors (Lipinski definition) is 3. The van der Waals surface area contributed by atoms with E-state index in [0.717, 1.165) is 37.3 Å². The van der Waals surface area contributed by atoms with Crippen LogP contribution in [0.1, 0.15) is 57.6 Å². The molecule has 2 aliphatic rings. The van der Waals surface area contributed by atoms with Crippen LogP contribution in [0.25, 0.3) is 0 Å². The van der Waals surface area contributed by atoms with Gasteiger partial charge in [-0.1, -0.05) is 19.1 Å². The number of amides is 2. The van der Waals surface area contributed by atoms with Gasteiger partial charge in [0.15, 0.2) is 0 Å². The van der Waals surface area contributed by atoms with Crippen molar-refractivity contribution in [2.45, 2.75) is 52.0 Å². The number of rotatable bonds is 6. The van der Waals surface area contributed by atoms with E-state index in [-0.39, 0.29) is 17.9 Å². The lowest BCUT2D eigenvalue weighted by Gasteiger charge is -2.28. The van der Waals surface area contributed by atoms with Crippen LogP contribution in [0.4, 0.5) is 5.69 Å². The Morgan fingerprint density at radius 3 is 2.88 bits per heavy atom. The summed E-state index contributed by atoms with van der Waals surface area (Å²) in [6, 6.07) is 7.93. The molecule has 0 aliphatic carbocycles. The quantitative estimate of drug-likeness (QED) is 0.823. The van der Waals surface area contributed by atoms with E-state index in [4.69, 9.17) is 0 Å². The number of carbonyl (C=O) groups excluding carboxylic acids is 2. The SMILES string of the molecule is CC(NC(=O)CC(C)C1CCCNC1)c1cccc(N2CCCC2=O)c1. The number of nitrogens with one attached hydrogen (secondary N) is 2. The Balaban J connectivity index is 1.56. The molecule has 3 atom stereocenters. The van der Waals surface area contributed by atoms with Crippen molar-refractivity contribution >= 4 is 17.5 Å². The Morgan fingerprint density at radius 1 is 1.35 bits per heavy atom. The van der Waals surface area contributed by atoms with Crippen molar-refractivity contribution in [1.29, 1.82) is 0 Å².